The number of esters is 1. The lowest BCUT2D eigenvalue weighted by molar-refractivity contribution is -0.265. The molecule has 2 saturated heterocycles. The van der Waals surface area contributed by atoms with Crippen molar-refractivity contribution in [1.29, 1.82) is 0 Å². The van der Waals surface area contributed by atoms with Crippen LogP contribution in [0.1, 0.15) is 150 Å². The second-order valence-electron chi connectivity index (χ2n) is 28.6. The van der Waals surface area contributed by atoms with Crippen molar-refractivity contribution in [2.75, 3.05) is 42.0 Å². The van der Waals surface area contributed by atoms with Gasteiger partial charge in [0.05, 0.1) is 41.6 Å². The smallest absolute Gasteiger partial charge is 0.329 e. The number of hydrogen-bond acceptors (Lipinski definition) is 22. The number of aliphatic hydroxyl groups excluding tert-OH is 4. The minimum absolute atomic E-state index is 0.0193. The predicted octanol–water partition coefficient (Wildman–Crippen LogP) is 5.81. The summed E-state index contributed by atoms with van der Waals surface area (Å²) >= 11 is 0. The molecule has 0 spiro atoms. The zero-order chi connectivity index (χ0) is 72.1. The molecule has 24 nitrogen and oxygen atoms in total. The van der Waals surface area contributed by atoms with Crippen LogP contribution in [0.2, 0.25) is 0 Å². The number of aliphatic hydroxyl groups is 7. The molecule has 20 atom stereocenters. The van der Waals surface area contributed by atoms with Gasteiger partial charge in [0.15, 0.2) is 17.2 Å². The maximum Gasteiger partial charge on any atom is 0.329 e. The largest absolute Gasteiger partial charge is 0.508 e. The van der Waals surface area contributed by atoms with Crippen molar-refractivity contribution in [2.45, 2.75) is 211 Å². The molecule has 2 amide bonds. The van der Waals surface area contributed by atoms with Crippen LogP contribution in [0.15, 0.2) is 82.7 Å². The van der Waals surface area contributed by atoms with E-state index in [4.69, 9.17) is 29.4 Å². The highest BCUT2D eigenvalue weighted by molar-refractivity contribution is 6.39. The van der Waals surface area contributed by atoms with Crippen LogP contribution in [0.25, 0.3) is 5.76 Å². The number of amides is 2. The monoisotopic (exact) mass is 1360 g/mol. The number of ketones is 5. The predicted molar refractivity (Wildman–Crippen MR) is 355 cm³/mol. The fraction of sp³-hybridized carbons (Fsp3) is 0.644. The fourth-order valence-electron chi connectivity index (χ4n) is 15.6. The maximum absolute atomic E-state index is 14.4. The number of aromatic hydroxyl groups is 1. The summed E-state index contributed by atoms with van der Waals surface area (Å²) in [6.45, 7) is 14.1. The van der Waals surface area contributed by atoms with E-state index in [2.05, 4.69) is 0 Å². The van der Waals surface area contributed by atoms with Gasteiger partial charge in [0.25, 0.3) is 17.6 Å². The van der Waals surface area contributed by atoms with Crippen LogP contribution < -0.4 is 5.73 Å². The standard InChI is InChI=1S/C51H79NO13.C22H24N2O8/c1-30-16-12-11-13-17-31(2)42(61-8)28-38-21-19-36(7)51(60,65-38)48(57)49(58)52-23-15-14-18-39(52)50(59)64-43(33(4)26-37-20-22-40(53)44(27-37)62-9)29-41(54)32(3)25-35(6)46(56)47(63-10)45(55)34(5)24-30;1-21(31)8-5-4-6-11(25)12(8)16(26)13-9(21)7-10-15(24(2)3)17(27)14(20(23)30)19(29)22(10,32)18(13)28/h11-13,16-17,25,30,32-34,36-40,42-44,46-47,53,56,60H,14-15,18-24,26-29H2,1-10H3;4-6,9-10,15,25-26,29,31-32H,7H2,1-3H3,(H2,23,30)/b13-11?,16-12+,31-17?,35-25+;/t30-,32-,33-,34-,36-,37+,38+,39+,40-,42+,43+,44-,46-,47+,51-;9-,10-,15-,21+,22-/m10/s1. The maximum atomic E-state index is 14.4. The molecule has 2 bridgehead atoms. The Kier molecular flexibility index (Phi) is 25.8. The Morgan fingerprint density at radius 3 is 2.15 bits per heavy atom. The molecule has 0 aromatic heterocycles. The fourth-order valence-corrected chi connectivity index (χ4v) is 15.6. The van der Waals surface area contributed by atoms with Crippen LogP contribution in [-0.4, -0.2) is 206 Å². The number of carbonyl (C=O) groups excluding carboxylic acids is 8. The molecule has 24 heteroatoms. The number of phenols is 1. The SMILES string of the molecule is CN(C)[C@@H]1C(=O)C(C(N)=O)=C(O)[C@@]2(O)C(=O)C3=C(O)c4c(O)cccc4[C@@](C)(O)[C@H]3C[C@@H]12.CO[C@H]1C[C@@H]2CC[C@@H](C)[C@@](O)(O2)C(=O)C(=O)N2CCCC[C@H]2C(=O)O[C@H]([C@H](C)C[C@@H]2CC[C@@H](O)[C@H](OC)C2)CC(=O)[C@H](C)/C=C(\C)[C@@H](O)[C@@H](OC)C(=O)[C@H](C)C[C@H](C)/C=C/C=CC=C1C. The van der Waals surface area contributed by atoms with Gasteiger partial charge in [0.2, 0.25) is 11.6 Å². The van der Waals surface area contributed by atoms with Crippen LogP contribution in [0.3, 0.4) is 0 Å². The third-order valence-electron chi connectivity index (χ3n) is 21.5. The van der Waals surface area contributed by atoms with Crippen LogP contribution in [0.4, 0.5) is 0 Å². The summed E-state index contributed by atoms with van der Waals surface area (Å²) in [5, 5.41) is 88.7. The number of fused-ring (bicyclic) bond motifs is 6. The summed E-state index contributed by atoms with van der Waals surface area (Å²) in [6.07, 6.45) is 11.0. The first-order valence-corrected chi connectivity index (χ1v) is 33.9. The molecule has 8 rings (SSSR count). The first-order valence-electron chi connectivity index (χ1n) is 33.9. The van der Waals surface area contributed by atoms with Gasteiger partial charge in [-0.2, -0.15) is 0 Å². The van der Waals surface area contributed by atoms with Gasteiger partial charge >= 0.3 is 5.97 Å². The van der Waals surface area contributed by atoms with Gasteiger partial charge in [-0.3, -0.25) is 38.5 Å². The number of cyclic esters (lactones) is 1. The number of Topliss-reactive ketones (excluding diaryl/α,β-unsaturated/α-hetero) is 5. The first-order chi connectivity index (χ1) is 45.5. The normalized spacial score (nSPS) is 37.6. The summed E-state index contributed by atoms with van der Waals surface area (Å²) in [5.41, 5.74) is 0.718. The van der Waals surface area contributed by atoms with Crippen LogP contribution >= 0.6 is 0 Å². The lowest BCUT2D eigenvalue weighted by Gasteiger charge is -2.53. The highest BCUT2D eigenvalue weighted by Gasteiger charge is 2.67. The van der Waals surface area contributed by atoms with E-state index in [-0.39, 0.29) is 72.4 Å². The van der Waals surface area contributed by atoms with Crippen LogP contribution in [0.5, 0.6) is 5.75 Å². The highest BCUT2D eigenvalue weighted by Crippen LogP contribution is 2.57. The summed E-state index contributed by atoms with van der Waals surface area (Å²) in [6, 6.07) is 1.88. The highest BCUT2D eigenvalue weighted by atomic mass is 16.6. The number of benzene rings is 1. The summed E-state index contributed by atoms with van der Waals surface area (Å²) < 4.78 is 29.4. The van der Waals surface area contributed by atoms with Crippen molar-refractivity contribution >= 4 is 52.5 Å². The molecule has 97 heavy (non-hydrogen) atoms. The van der Waals surface area contributed by atoms with Gasteiger partial charge in [-0.05, 0) is 146 Å². The number of nitrogens with zero attached hydrogens (tertiary/aromatic N) is 2. The molecule has 0 radical (unpaired) electrons. The van der Waals surface area contributed by atoms with Gasteiger partial charge < -0.3 is 75.2 Å². The molecular weight excluding hydrogens is 1250 g/mol. The van der Waals surface area contributed by atoms with Gasteiger partial charge in [-0.15, -0.1) is 0 Å². The van der Waals surface area contributed by atoms with Crippen molar-refractivity contribution in [3.8, 4) is 5.75 Å². The lowest BCUT2D eigenvalue weighted by Crippen LogP contribution is -2.67. The van der Waals surface area contributed by atoms with E-state index in [1.165, 1.54) is 56.1 Å². The molecular formula is C73H103N3O21. The molecule has 1 aromatic carbocycles. The molecule has 7 aliphatic rings. The second-order valence-corrected chi connectivity index (χ2v) is 28.6. The van der Waals surface area contributed by atoms with E-state index >= 15 is 0 Å². The molecule has 10 N–H and O–H groups in total. The van der Waals surface area contributed by atoms with Crippen molar-refractivity contribution in [3.05, 3.63) is 93.8 Å². The molecule has 3 aliphatic heterocycles. The summed E-state index contributed by atoms with van der Waals surface area (Å²) in [5.74, 6) is -15.9. The zero-order valence-electron chi connectivity index (χ0n) is 58.3. The molecule has 4 aliphatic carbocycles. The molecule has 2 saturated carbocycles. The number of nitrogens with two attached hydrogens (primary N) is 1. The number of likely N-dealkylation sites (N-methyl/N-ethyl adjacent to an activating group) is 1. The van der Waals surface area contributed by atoms with Crippen molar-refractivity contribution < 1.29 is 103 Å². The number of allylic oxidation sites excluding steroid dienone is 6. The zero-order valence-corrected chi connectivity index (χ0v) is 58.3. The average Bonchev–Trinajstić information content (AvgIpc) is 0.690. The van der Waals surface area contributed by atoms with Crippen LogP contribution in [-0.2, 0) is 67.6 Å². The number of piperidine rings is 1. The third kappa shape index (κ3) is 16.2. The number of carbonyl (C=O) groups is 8. The molecule has 0 unspecified atom stereocenters. The number of rotatable bonds is 8. The molecule has 3 heterocycles. The average molecular weight is 1360 g/mol. The van der Waals surface area contributed by atoms with E-state index in [1.54, 1.807) is 41.1 Å². The van der Waals surface area contributed by atoms with E-state index in [0.717, 1.165) is 12.0 Å². The van der Waals surface area contributed by atoms with E-state index < -0.39 is 159 Å². The Labute approximate surface area is 568 Å². The van der Waals surface area contributed by atoms with E-state index in [1.807, 2.05) is 58.1 Å². The Morgan fingerprint density at radius 1 is 0.825 bits per heavy atom. The topological polar surface area (TPSA) is 377 Å². The van der Waals surface area contributed by atoms with E-state index in [0.29, 0.717) is 63.4 Å². The Morgan fingerprint density at radius 2 is 1.52 bits per heavy atom. The van der Waals surface area contributed by atoms with Gasteiger partial charge in [0.1, 0.15) is 53.0 Å². The number of primary amides is 1. The summed E-state index contributed by atoms with van der Waals surface area (Å²) in [4.78, 5) is 112. The molecule has 536 valence electrons. The number of phenolic OH excluding ortho intramolecular Hbond substituents is 1. The summed E-state index contributed by atoms with van der Waals surface area (Å²) in [7, 11) is 7.53. The van der Waals surface area contributed by atoms with Crippen LogP contribution in [0, 0.1) is 47.3 Å². The van der Waals surface area contributed by atoms with Gasteiger partial charge in [0, 0.05) is 75.9 Å². The van der Waals surface area contributed by atoms with Crippen molar-refractivity contribution in [3.63, 3.8) is 0 Å². The second kappa shape index (κ2) is 32.2. The first kappa shape index (κ1) is 77.8. The Bertz CT molecular complexity index is 3330. The molecule has 4 fully saturated rings. The Balaban J connectivity index is 0.000000343. The third-order valence-corrected chi connectivity index (χ3v) is 21.5. The van der Waals surface area contributed by atoms with Crippen molar-refractivity contribution in [2.24, 2.45) is 53.1 Å². The van der Waals surface area contributed by atoms with Gasteiger partial charge in [-0.1, -0.05) is 83.2 Å². The number of ether oxygens (including phenoxy) is 5. The lowest BCUT2D eigenvalue weighted by atomic mass is 9.54. The van der Waals surface area contributed by atoms with Crippen molar-refractivity contribution in [1.82, 2.24) is 9.80 Å². The number of methoxy groups -OCH3 is 3. The minimum atomic E-state index is -2.75. The Hall–Kier alpha value is -6.58. The van der Waals surface area contributed by atoms with Gasteiger partial charge in [-0.25, -0.2) is 4.79 Å². The van der Waals surface area contributed by atoms with E-state index in [9.17, 15) is 79.2 Å². The minimum Gasteiger partial charge on any atom is -0.508 e. The number of hydrogen-bond donors (Lipinski definition) is 9. The molecule has 1 aromatic rings. The quantitative estimate of drug-likeness (QED) is 0.0641.